The van der Waals surface area contributed by atoms with Gasteiger partial charge in [-0.05, 0) is 25.7 Å². The molecule has 0 bridgehead atoms. The third-order valence-corrected chi connectivity index (χ3v) is 7.01. The summed E-state index contributed by atoms with van der Waals surface area (Å²) in [6, 6.07) is 0. The molecule has 4 nitrogen and oxygen atoms in total. The predicted molar refractivity (Wildman–Crippen MR) is 119 cm³/mol. The standard InChI is InChI=1S/C23H48O4S.K/c1-3-5-6-15-19-22(24)20-16-13-11-9-7-8-10-12-14-17-21-23(18-4-2)28(25,26)27;/h22-24H,3-21H2,1-2H3,(H,25,26,27);/q;+1/p-1. The molecule has 0 spiro atoms. The van der Waals surface area contributed by atoms with Crippen LogP contribution in [0.25, 0.3) is 0 Å². The van der Waals surface area contributed by atoms with E-state index in [2.05, 4.69) is 6.92 Å². The zero-order valence-corrected chi connectivity index (χ0v) is 23.6. The zero-order chi connectivity index (χ0) is 21.1. The molecule has 0 aliphatic rings. The van der Waals surface area contributed by atoms with Gasteiger partial charge in [0.25, 0.3) is 0 Å². The molecule has 0 heterocycles. The van der Waals surface area contributed by atoms with Gasteiger partial charge in [-0.15, -0.1) is 0 Å². The Labute approximate surface area is 224 Å². The van der Waals surface area contributed by atoms with Gasteiger partial charge >= 0.3 is 51.4 Å². The van der Waals surface area contributed by atoms with Crippen LogP contribution in [0.2, 0.25) is 0 Å². The Hall–Kier alpha value is 1.51. The Balaban J connectivity index is 0. The maximum absolute atomic E-state index is 11.2. The van der Waals surface area contributed by atoms with Crippen molar-refractivity contribution in [3.05, 3.63) is 0 Å². The molecule has 0 saturated carbocycles. The van der Waals surface area contributed by atoms with Crippen LogP contribution >= 0.6 is 0 Å². The number of rotatable bonds is 21. The second kappa shape index (κ2) is 22.7. The maximum Gasteiger partial charge on any atom is 1.00 e. The van der Waals surface area contributed by atoms with Crippen molar-refractivity contribution >= 4 is 10.1 Å². The van der Waals surface area contributed by atoms with Crippen molar-refractivity contribution in [1.29, 1.82) is 0 Å². The number of hydrogen-bond donors (Lipinski definition) is 1. The SMILES string of the molecule is CCCCCCC(O)CCCCCCCCCCCCC(CCC)S(=O)(=O)[O-].[K+]. The van der Waals surface area contributed by atoms with Crippen LogP contribution in [-0.2, 0) is 10.1 Å². The molecule has 2 atom stereocenters. The first kappa shape index (κ1) is 32.7. The van der Waals surface area contributed by atoms with E-state index in [4.69, 9.17) is 0 Å². The van der Waals surface area contributed by atoms with E-state index in [0.29, 0.717) is 12.8 Å². The molecule has 0 rings (SSSR count). The zero-order valence-electron chi connectivity index (χ0n) is 19.7. The van der Waals surface area contributed by atoms with Crippen molar-refractivity contribution in [2.24, 2.45) is 0 Å². The fourth-order valence-corrected chi connectivity index (χ4v) is 4.85. The van der Waals surface area contributed by atoms with Gasteiger partial charge < -0.3 is 9.66 Å². The van der Waals surface area contributed by atoms with E-state index in [9.17, 15) is 18.1 Å². The van der Waals surface area contributed by atoms with E-state index in [1.54, 1.807) is 0 Å². The first-order valence-electron chi connectivity index (χ1n) is 12.0. The largest absolute Gasteiger partial charge is 1.00 e. The molecule has 0 aromatic heterocycles. The Kier molecular flexibility index (Phi) is 25.6. The fraction of sp³-hybridized carbons (Fsp3) is 1.00. The van der Waals surface area contributed by atoms with Gasteiger partial charge in [-0.1, -0.05) is 110 Å². The molecule has 0 radical (unpaired) electrons. The Morgan fingerprint density at radius 2 is 1.00 bits per heavy atom. The molecule has 2 unspecified atom stereocenters. The summed E-state index contributed by atoms with van der Waals surface area (Å²) in [4.78, 5) is 0. The maximum atomic E-state index is 11.2. The fourth-order valence-electron chi connectivity index (χ4n) is 3.87. The second-order valence-corrected chi connectivity index (χ2v) is 10.2. The van der Waals surface area contributed by atoms with Gasteiger partial charge in [-0.2, -0.15) is 0 Å². The Morgan fingerprint density at radius 1 is 0.621 bits per heavy atom. The van der Waals surface area contributed by atoms with Crippen LogP contribution in [0.1, 0.15) is 136 Å². The van der Waals surface area contributed by atoms with Gasteiger partial charge in [0.15, 0.2) is 0 Å². The summed E-state index contributed by atoms with van der Waals surface area (Å²) >= 11 is 0. The minimum absolute atomic E-state index is 0. The van der Waals surface area contributed by atoms with Gasteiger partial charge in [-0.3, -0.25) is 0 Å². The summed E-state index contributed by atoms with van der Waals surface area (Å²) in [6.07, 6.45) is 20.3. The number of aliphatic hydroxyl groups excluding tert-OH is 1. The Morgan fingerprint density at radius 3 is 1.38 bits per heavy atom. The van der Waals surface area contributed by atoms with Gasteiger partial charge in [0, 0.05) is 5.25 Å². The molecule has 1 N–H and O–H groups in total. The summed E-state index contributed by atoms with van der Waals surface area (Å²) in [5.74, 6) is 0. The van der Waals surface area contributed by atoms with Gasteiger partial charge in [0.05, 0.1) is 16.2 Å². The van der Waals surface area contributed by atoms with E-state index in [-0.39, 0.29) is 57.5 Å². The van der Waals surface area contributed by atoms with Crippen LogP contribution in [0, 0.1) is 0 Å². The number of hydrogen-bond acceptors (Lipinski definition) is 4. The van der Waals surface area contributed by atoms with Gasteiger partial charge in [-0.25, -0.2) is 8.42 Å². The molecular formula is C23H47KO4S. The number of aliphatic hydroxyl groups is 1. The van der Waals surface area contributed by atoms with Crippen molar-refractivity contribution in [3.63, 3.8) is 0 Å². The van der Waals surface area contributed by atoms with Crippen LogP contribution in [0.15, 0.2) is 0 Å². The third-order valence-electron chi connectivity index (χ3n) is 5.72. The second-order valence-electron chi connectivity index (χ2n) is 8.52. The van der Waals surface area contributed by atoms with E-state index in [0.717, 1.165) is 44.9 Å². The first-order chi connectivity index (χ1) is 13.4. The van der Waals surface area contributed by atoms with Crippen molar-refractivity contribution in [2.75, 3.05) is 0 Å². The van der Waals surface area contributed by atoms with Crippen molar-refractivity contribution in [3.8, 4) is 0 Å². The summed E-state index contributed by atoms with van der Waals surface area (Å²) in [5.41, 5.74) is 0. The van der Waals surface area contributed by atoms with E-state index in [1.165, 1.54) is 64.2 Å². The summed E-state index contributed by atoms with van der Waals surface area (Å²) in [7, 11) is -4.12. The summed E-state index contributed by atoms with van der Waals surface area (Å²) in [6.45, 7) is 4.14. The van der Waals surface area contributed by atoms with Crippen molar-refractivity contribution in [1.82, 2.24) is 0 Å². The molecule has 29 heavy (non-hydrogen) atoms. The normalized spacial score (nSPS) is 13.8. The Bertz CT molecular complexity index is 429. The van der Waals surface area contributed by atoms with Crippen LogP contribution in [-0.4, -0.2) is 29.4 Å². The molecule has 0 aliphatic carbocycles. The monoisotopic (exact) mass is 458 g/mol. The minimum Gasteiger partial charge on any atom is -0.748 e. The average Bonchev–Trinajstić information content (AvgIpc) is 2.64. The molecule has 0 aliphatic heterocycles. The topological polar surface area (TPSA) is 77.4 Å². The summed E-state index contributed by atoms with van der Waals surface area (Å²) < 4.78 is 33.5. The van der Waals surface area contributed by atoms with Crippen LogP contribution in [0.4, 0.5) is 0 Å². The molecule has 0 aromatic carbocycles. The molecule has 6 heteroatoms. The van der Waals surface area contributed by atoms with Crippen LogP contribution in [0.5, 0.6) is 0 Å². The smallest absolute Gasteiger partial charge is 0.748 e. The van der Waals surface area contributed by atoms with E-state index >= 15 is 0 Å². The van der Waals surface area contributed by atoms with Gasteiger partial charge in [0.2, 0.25) is 0 Å². The van der Waals surface area contributed by atoms with Gasteiger partial charge in [0.1, 0.15) is 0 Å². The molecular weight excluding hydrogens is 411 g/mol. The molecule has 0 fully saturated rings. The summed E-state index contributed by atoms with van der Waals surface area (Å²) in [5, 5.41) is 9.28. The number of unbranched alkanes of at least 4 members (excludes halogenated alkanes) is 12. The van der Waals surface area contributed by atoms with E-state index < -0.39 is 15.4 Å². The molecule has 0 saturated heterocycles. The van der Waals surface area contributed by atoms with Crippen molar-refractivity contribution < 1.29 is 69.5 Å². The average molecular weight is 459 g/mol. The van der Waals surface area contributed by atoms with Crippen LogP contribution in [0.3, 0.4) is 0 Å². The quantitative estimate of drug-likeness (QED) is 0.162. The predicted octanol–water partition coefficient (Wildman–Crippen LogP) is 3.72. The van der Waals surface area contributed by atoms with Crippen LogP contribution < -0.4 is 51.4 Å². The molecule has 0 aromatic rings. The first-order valence-corrected chi connectivity index (χ1v) is 13.5. The third kappa shape index (κ3) is 22.5. The molecule has 170 valence electrons. The minimum atomic E-state index is -4.12. The molecule has 0 amide bonds. The van der Waals surface area contributed by atoms with Crippen molar-refractivity contribution in [2.45, 2.75) is 147 Å². The van der Waals surface area contributed by atoms with E-state index in [1.807, 2.05) is 6.92 Å².